The fourth-order valence-electron chi connectivity index (χ4n) is 4.91. The van der Waals surface area contributed by atoms with E-state index in [0.29, 0.717) is 78.1 Å². The van der Waals surface area contributed by atoms with Crippen LogP contribution in [0.25, 0.3) is 27.1 Å². The molecule has 17 heteroatoms. The number of anilines is 1. The zero-order valence-corrected chi connectivity index (χ0v) is 25.0. The zero-order valence-electron chi connectivity index (χ0n) is 23.4. The second-order valence-electron chi connectivity index (χ2n) is 11.4. The molecule has 4 aromatic rings. The lowest BCUT2D eigenvalue weighted by Crippen LogP contribution is -2.50. The van der Waals surface area contributed by atoms with Gasteiger partial charge in [-0.15, -0.1) is 10.2 Å². The average Bonchev–Trinajstić information content (AvgIpc) is 3.39. The molecular weight excluding hydrogens is 604 g/mol. The van der Waals surface area contributed by atoms with Gasteiger partial charge < -0.3 is 14.5 Å². The number of aromatic nitrogens is 5. The van der Waals surface area contributed by atoms with Crippen LogP contribution < -0.4 is 9.62 Å². The van der Waals surface area contributed by atoms with Crippen molar-refractivity contribution in [3.8, 4) is 11.2 Å². The van der Waals surface area contributed by atoms with E-state index in [1.54, 1.807) is 31.7 Å². The number of fused-ring (bicyclic) bond motifs is 3. The lowest BCUT2D eigenvalue weighted by atomic mass is 10.2. The van der Waals surface area contributed by atoms with Gasteiger partial charge in [-0.2, -0.15) is 9.98 Å². The lowest BCUT2D eigenvalue weighted by Gasteiger charge is -2.36. The van der Waals surface area contributed by atoms with Crippen molar-refractivity contribution in [1.82, 2.24) is 34.4 Å². The SMILES string of the molecule is CC(C)(C)OC(=O)N1CCN(c2ncnc3c2c2ccc(S(=O)(=O)NC4(C#N)CC4)cc2n3-c2nnc(C(F)F)s2)CC1. The summed E-state index contributed by atoms with van der Waals surface area (Å²) in [5.74, 6) is 0.534. The first-order valence-corrected chi connectivity index (χ1v) is 15.7. The highest BCUT2D eigenvalue weighted by molar-refractivity contribution is 7.89. The van der Waals surface area contributed by atoms with Gasteiger partial charge in [0.2, 0.25) is 15.2 Å². The van der Waals surface area contributed by atoms with Crippen LogP contribution in [0.3, 0.4) is 0 Å². The number of amides is 1. The normalized spacial score (nSPS) is 17.0. The predicted molar refractivity (Wildman–Crippen MR) is 153 cm³/mol. The van der Waals surface area contributed by atoms with E-state index in [0.717, 1.165) is 0 Å². The van der Waals surface area contributed by atoms with Crippen LogP contribution in [0, 0.1) is 11.3 Å². The zero-order chi connectivity index (χ0) is 30.7. The molecule has 0 radical (unpaired) electrons. The van der Waals surface area contributed by atoms with Crippen LogP contribution in [-0.2, 0) is 14.8 Å². The van der Waals surface area contributed by atoms with E-state index in [1.807, 2.05) is 11.0 Å². The summed E-state index contributed by atoms with van der Waals surface area (Å²) in [7, 11) is -4.10. The van der Waals surface area contributed by atoms with Gasteiger partial charge in [0, 0.05) is 31.6 Å². The van der Waals surface area contributed by atoms with Crippen LogP contribution in [0.2, 0.25) is 0 Å². The smallest absolute Gasteiger partial charge is 0.410 e. The van der Waals surface area contributed by atoms with E-state index in [1.165, 1.54) is 23.0 Å². The number of piperazine rings is 1. The number of rotatable bonds is 6. The quantitative estimate of drug-likeness (QED) is 0.332. The van der Waals surface area contributed by atoms with Gasteiger partial charge in [0.15, 0.2) is 10.7 Å². The molecule has 4 heterocycles. The first kappa shape index (κ1) is 29.1. The minimum atomic E-state index is -4.10. The van der Waals surface area contributed by atoms with Gasteiger partial charge in [-0.05, 0) is 45.7 Å². The maximum atomic E-state index is 13.5. The number of carbonyl (C=O) groups excluding carboxylic acids is 1. The van der Waals surface area contributed by atoms with Crippen molar-refractivity contribution in [3.63, 3.8) is 0 Å². The van der Waals surface area contributed by atoms with Crippen LogP contribution in [0.1, 0.15) is 45.0 Å². The average molecular weight is 632 g/mol. The molecule has 6 rings (SSSR count). The highest BCUT2D eigenvalue weighted by Crippen LogP contribution is 2.40. The maximum absolute atomic E-state index is 13.5. The number of halogens is 2. The van der Waals surface area contributed by atoms with Crippen molar-refractivity contribution < 1.29 is 26.7 Å². The first-order valence-electron chi connectivity index (χ1n) is 13.4. The lowest BCUT2D eigenvalue weighted by molar-refractivity contribution is 0.0240. The number of benzene rings is 1. The number of nitriles is 1. The Morgan fingerprint density at radius 2 is 1.88 bits per heavy atom. The molecule has 3 aromatic heterocycles. The monoisotopic (exact) mass is 631 g/mol. The molecule has 2 fully saturated rings. The third-order valence-electron chi connectivity index (χ3n) is 7.14. The number of carbonyl (C=O) groups is 1. The number of hydrogen-bond donors (Lipinski definition) is 1. The Kier molecular flexibility index (Phi) is 6.98. The van der Waals surface area contributed by atoms with Crippen LogP contribution in [0.4, 0.5) is 19.4 Å². The van der Waals surface area contributed by atoms with Gasteiger partial charge in [-0.25, -0.2) is 32.0 Å². The van der Waals surface area contributed by atoms with Crippen molar-refractivity contribution in [2.75, 3.05) is 31.1 Å². The van der Waals surface area contributed by atoms with Crippen molar-refractivity contribution in [2.45, 2.75) is 56.1 Å². The molecule has 0 bridgehead atoms. The van der Waals surface area contributed by atoms with Crippen molar-refractivity contribution in [3.05, 3.63) is 29.5 Å². The van der Waals surface area contributed by atoms with E-state index in [-0.39, 0.29) is 10.0 Å². The Morgan fingerprint density at radius 3 is 2.49 bits per heavy atom. The molecule has 0 unspecified atom stereocenters. The van der Waals surface area contributed by atoms with Crippen LogP contribution >= 0.6 is 11.3 Å². The van der Waals surface area contributed by atoms with Crippen LogP contribution in [0.15, 0.2) is 29.4 Å². The van der Waals surface area contributed by atoms with Gasteiger partial charge in [-0.1, -0.05) is 17.4 Å². The molecule has 43 heavy (non-hydrogen) atoms. The highest BCUT2D eigenvalue weighted by atomic mass is 32.2. The summed E-state index contributed by atoms with van der Waals surface area (Å²) < 4.78 is 62.9. The summed E-state index contributed by atoms with van der Waals surface area (Å²) in [6.45, 7) is 7.02. The van der Waals surface area contributed by atoms with Gasteiger partial charge in [0.1, 0.15) is 23.3 Å². The Balaban J connectivity index is 1.44. The summed E-state index contributed by atoms with van der Waals surface area (Å²) in [5.41, 5.74) is -1.10. The molecule has 1 aliphatic carbocycles. The number of alkyl halides is 2. The third-order valence-corrected chi connectivity index (χ3v) is 9.59. The fraction of sp³-hybridized carbons (Fsp3) is 0.462. The minimum Gasteiger partial charge on any atom is -0.444 e. The molecule has 1 aliphatic heterocycles. The number of sulfonamides is 1. The number of ether oxygens (including phenoxy) is 1. The van der Waals surface area contributed by atoms with E-state index in [2.05, 4.69) is 24.9 Å². The Bertz CT molecular complexity index is 1880. The Morgan fingerprint density at radius 1 is 1.16 bits per heavy atom. The largest absolute Gasteiger partial charge is 0.444 e. The molecular formula is C26H27F2N9O4S2. The van der Waals surface area contributed by atoms with Crippen molar-refractivity contribution >= 4 is 55.2 Å². The molecule has 0 spiro atoms. The van der Waals surface area contributed by atoms with E-state index >= 15 is 0 Å². The van der Waals surface area contributed by atoms with Gasteiger partial charge >= 0.3 is 6.09 Å². The van der Waals surface area contributed by atoms with E-state index in [9.17, 15) is 27.3 Å². The maximum Gasteiger partial charge on any atom is 0.410 e. The van der Waals surface area contributed by atoms with Crippen LogP contribution in [0.5, 0.6) is 0 Å². The van der Waals surface area contributed by atoms with Gasteiger partial charge in [0.25, 0.3) is 6.43 Å². The number of hydrogen-bond acceptors (Lipinski definition) is 11. The van der Waals surface area contributed by atoms with Gasteiger partial charge in [-0.3, -0.25) is 4.57 Å². The molecule has 1 saturated carbocycles. The molecule has 1 N–H and O–H groups in total. The second kappa shape index (κ2) is 10.3. The standard InChI is InChI=1S/C26H27F2N9O4S2/c1-25(2,3)41-24(38)36-10-8-35(9-11-36)20-18-16-5-4-15(43(39,40)34-26(13-29)6-7-26)12-17(16)37(21(18)31-14-30-20)23-33-32-22(42-23)19(27)28/h4-5,12,14,19,34H,6-11H2,1-3H3. The fourth-order valence-corrected chi connectivity index (χ4v) is 7.02. The van der Waals surface area contributed by atoms with Crippen molar-refractivity contribution in [2.24, 2.45) is 0 Å². The van der Waals surface area contributed by atoms with Crippen LogP contribution in [-0.4, -0.2) is 81.5 Å². The molecule has 226 valence electrons. The van der Waals surface area contributed by atoms with E-state index in [4.69, 9.17) is 4.74 Å². The highest BCUT2D eigenvalue weighted by Gasteiger charge is 2.47. The van der Waals surface area contributed by atoms with E-state index < -0.39 is 38.7 Å². The summed E-state index contributed by atoms with van der Waals surface area (Å²) >= 11 is 0.665. The Labute approximate surface area is 249 Å². The summed E-state index contributed by atoms with van der Waals surface area (Å²) in [6.07, 6.45) is -1.09. The number of nitrogens with zero attached hydrogens (tertiary/aromatic N) is 8. The molecule has 1 aromatic carbocycles. The minimum absolute atomic E-state index is 0.0768. The Hall–Kier alpha value is -4.01. The second-order valence-corrected chi connectivity index (χ2v) is 14.1. The molecule has 0 atom stereocenters. The summed E-state index contributed by atoms with van der Waals surface area (Å²) in [5, 5.41) is 17.7. The third kappa shape index (κ3) is 5.45. The molecule has 1 amide bonds. The summed E-state index contributed by atoms with van der Waals surface area (Å²) in [4.78, 5) is 25.1. The predicted octanol–water partition coefficient (Wildman–Crippen LogP) is 3.75. The van der Waals surface area contributed by atoms with Gasteiger partial charge in [0.05, 0.1) is 21.9 Å². The molecule has 13 nitrogen and oxygen atoms in total. The number of nitrogens with one attached hydrogen (secondary N) is 1. The topological polar surface area (TPSA) is 159 Å². The molecule has 1 saturated heterocycles. The molecule has 2 aliphatic rings. The first-order chi connectivity index (χ1) is 20.3. The van der Waals surface area contributed by atoms with Crippen molar-refractivity contribution in [1.29, 1.82) is 5.26 Å². The summed E-state index contributed by atoms with van der Waals surface area (Å²) in [6, 6.07) is 6.44.